The molecule has 1 heteroatoms. The van der Waals surface area contributed by atoms with E-state index in [2.05, 4.69) is 20.8 Å². The molecular formula is C11H23N. The van der Waals surface area contributed by atoms with E-state index in [1.54, 1.807) is 0 Å². The van der Waals surface area contributed by atoms with Crippen molar-refractivity contribution in [2.45, 2.75) is 58.4 Å². The molecule has 0 aromatic heterocycles. The van der Waals surface area contributed by atoms with E-state index in [4.69, 9.17) is 5.73 Å². The monoisotopic (exact) mass is 169 g/mol. The quantitative estimate of drug-likeness (QED) is 0.675. The molecule has 0 heterocycles. The molecule has 12 heavy (non-hydrogen) atoms. The summed E-state index contributed by atoms with van der Waals surface area (Å²) in [6.45, 7) is 6.87. The van der Waals surface area contributed by atoms with Crippen LogP contribution < -0.4 is 5.73 Å². The number of nitrogens with two attached hydrogens (primary N) is 1. The van der Waals surface area contributed by atoms with Crippen molar-refractivity contribution in [1.82, 2.24) is 0 Å². The molecule has 1 rings (SSSR count). The van der Waals surface area contributed by atoms with E-state index in [9.17, 15) is 0 Å². The second kappa shape index (κ2) is 3.78. The summed E-state index contributed by atoms with van der Waals surface area (Å²) in [5.74, 6) is 1.60. The van der Waals surface area contributed by atoms with Crippen LogP contribution in [0.25, 0.3) is 0 Å². The molecular weight excluding hydrogens is 146 g/mol. The van der Waals surface area contributed by atoms with Gasteiger partial charge in [-0.3, -0.25) is 0 Å². The number of rotatable bonds is 2. The van der Waals surface area contributed by atoms with Gasteiger partial charge in [-0.2, -0.15) is 0 Å². The average molecular weight is 169 g/mol. The maximum absolute atomic E-state index is 6.30. The Kier molecular flexibility index (Phi) is 3.16. The molecule has 0 spiro atoms. The van der Waals surface area contributed by atoms with Gasteiger partial charge in [0.1, 0.15) is 0 Å². The van der Waals surface area contributed by atoms with E-state index in [-0.39, 0.29) is 5.54 Å². The van der Waals surface area contributed by atoms with Crippen molar-refractivity contribution in [3.8, 4) is 0 Å². The lowest BCUT2D eigenvalue weighted by Gasteiger charge is -2.42. The van der Waals surface area contributed by atoms with Crippen LogP contribution in [-0.4, -0.2) is 5.54 Å². The van der Waals surface area contributed by atoms with E-state index < -0.39 is 0 Å². The molecule has 0 bridgehead atoms. The van der Waals surface area contributed by atoms with Gasteiger partial charge in [-0.15, -0.1) is 0 Å². The molecule has 0 radical (unpaired) electrons. The Morgan fingerprint density at radius 1 is 1.50 bits per heavy atom. The maximum atomic E-state index is 6.30. The second-order valence-electron chi connectivity index (χ2n) is 4.77. The zero-order valence-corrected chi connectivity index (χ0v) is 8.77. The topological polar surface area (TPSA) is 26.0 Å². The Labute approximate surface area is 76.7 Å². The smallest absolute Gasteiger partial charge is 0.0156 e. The molecule has 0 amide bonds. The Hall–Kier alpha value is -0.0400. The Morgan fingerprint density at radius 2 is 2.17 bits per heavy atom. The van der Waals surface area contributed by atoms with Crippen LogP contribution in [0.2, 0.25) is 0 Å². The summed E-state index contributed by atoms with van der Waals surface area (Å²) in [4.78, 5) is 0. The van der Waals surface area contributed by atoms with Crippen molar-refractivity contribution in [3.63, 3.8) is 0 Å². The molecule has 1 nitrogen and oxygen atoms in total. The second-order valence-corrected chi connectivity index (χ2v) is 4.77. The van der Waals surface area contributed by atoms with Gasteiger partial charge in [-0.25, -0.2) is 0 Å². The third kappa shape index (κ3) is 2.01. The third-order valence-corrected chi connectivity index (χ3v) is 3.51. The van der Waals surface area contributed by atoms with Gasteiger partial charge in [-0.1, -0.05) is 33.1 Å². The van der Waals surface area contributed by atoms with Crippen LogP contribution in [0.1, 0.15) is 52.9 Å². The summed E-state index contributed by atoms with van der Waals surface area (Å²) in [5.41, 5.74) is 6.42. The molecule has 0 aromatic rings. The number of hydrogen-bond donors (Lipinski definition) is 1. The first-order valence-corrected chi connectivity index (χ1v) is 5.37. The standard InChI is InChI=1S/C11H23N/c1-4-6-10-9(2)7-5-8-11(10,3)12/h9-10H,4-8,12H2,1-3H3. The Bertz CT molecular complexity index is 140. The van der Waals surface area contributed by atoms with Crippen LogP contribution in [0.15, 0.2) is 0 Å². The van der Waals surface area contributed by atoms with Gasteiger partial charge < -0.3 is 5.73 Å². The van der Waals surface area contributed by atoms with Crippen LogP contribution in [-0.2, 0) is 0 Å². The Balaban J connectivity index is 2.60. The highest BCUT2D eigenvalue weighted by Gasteiger charge is 2.36. The van der Waals surface area contributed by atoms with Crippen molar-refractivity contribution < 1.29 is 0 Å². The lowest BCUT2D eigenvalue weighted by molar-refractivity contribution is 0.133. The highest BCUT2D eigenvalue weighted by Crippen LogP contribution is 2.38. The zero-order valence-electron chi connectivity index (χ0n) is 8.77. The fourth-order valence-electron chi connectivity index (χ4n) is 2.77. The molecule has 72 valence electrons. The summed E-state index contributed by atoms with van der Waals surface area (Å²) in [5, 5.41) is 0. The first-order chi connectivity index (χ1) is 5.58. The molecule has 0 saturated heterocycles. The van der Waals surface area contributed by atoms with Crippen molar-refractivity contribution in [2.24, 2.45) is 17.6 Å². The van der Waals surface area contributed by atoms with Crippen molar-refractivity contribution in [1.29, 1.82) is 0 Å². The molecule has 1 saturated carbocycles. The molecule has 1 aliphatic carbocycles. The number of hydrogen-bond acceptors (Lipinski definition) is 1. The normalized spacial score (nSPS) is 43.0. The molecule has 1 fully saturated rings. The SMILES string of the molecule is CCCC1C(C)CCCC1(C)N. The fourth-order valence-corrected chi connectivity index (χ4v) is 2.77. The minimum absolute atomic E-state index is 0.119. The van der Waals surface area contributed by atoms with Gasteiger partial charge in [0.2, 0.25) is 0 Å². The minimum Gasteiger partial charge on any atom is -0.325 e. The van der Waals surface area contributed by atoms with Gasteiger partial charge in [0, 0.05) is 5.54 Å². The summed E-state index contributed by atoms with van der Waals surface area (Å²) in [7, 11) is 0. The summed E-state index contributed by atoms with van der Waals surface area (Å²) < 4.78 is 0. The lowest BCUT2D eigenvalue weighted by Crippen LogP contribution is -2.49. The summed E-state index contributed by atoms with van der Waals surface area (Å²) >= 11 is 0. The molecule has 0 aliphatic heterocycles. The lowest BCUT2D eigenvalue weighted by atomic mass is 9.67. The van der Waals surface area contributed by atoms with Crippen LogP contribution in [0.4, 0.5) is 0 Å². The molecule has 3 atom stereocenters. The van der Waals surface area contributed by atoms with Crippen molar-refractivity contribution in [2.75, 3.05) is 0 Å². The first kappa shape index (κ1) is 10.0. The van der Waals surface area contributed by atoms with Crippen LogP contribution in [0, 0.1) is 11.8 Å². The van der Waals surface area contributed by atoms with Gasteiger partial charge in [0.25, 0.3) is 0 Å². The van der Waals surface area contributed by atoms with Crippen LogP contribution >= 0.6 is 0 Å². The first-order valence-electron chi connectivity index (χ1n) is 5.37. The Morgan fingerprint density at radius 3 is 2.67 bits per heavy atom. The maximum Gasteiger partial charge on any atom is 0.0156 e. The van der Waals surface area contributed by atoms with E-state index in [0.717, 1.165) is 11.8 Å². The largest absolute Gasteiger partial charge is 0.325 e. The predicted molar refractivity (Wildman–Crippen MR) is 54.0 cm³/mol. The molecule has 3 unspecified atom stereocenters. The highest BCUT2D eigenvalue weighted by atomic mass is 14.8. The van der Waals surface area contributed by atoms with Gasteiger partial charge in [0.15, 0.2) is 0 Å². The van der Waals surface area contributed by atoms with Crippen molar-refractivity contribution in [3.05, 3.63) is 0 Å². The highest BCUT2D eigenvalue weighted by molar-refractivity contribution is 4.92. The third-order valence-electron chi connectivity index (χ3n) is 3.51. The van der Waals surface area contributed by atoms with Crippen molar-refractivity contribution >= 4 is 0 Å². The van der Waals surface area contributed by atoms with Crippen LogP contribution in [0.5, 0.6) is 0 Å². The minimum atomic E-state index is 0.119. The zero-order chi connectivity index (χ0) is 9.19. The molecule has 0 aromatic carbocycles. The van der Waals surface area contributed by atoms with E-state index >= 15 is 0 Å². The van der Waals surface area contributed by atoms with Gasteiger partial charge in [-0.05, 0) is 31.6 Å². The summed E-state index contributed by atoms with van der Waals surface area (Å²) in [6.07, 6.45) is 6.53. The van der Waals surface area contributed by atoms with E-state index in [0.29, 0.717) is 0 Å². The molecule has 1 aliphatic rings. The fraction of sp³-hybridized carbons (Fsp3) is 1.00. The summed E-state index contributed by atoms with van der Waals surface area (Å²) in [6, 6.07) is 0. The van der Waals surface area contributed by atoms with Gasteiger partial charge >= 0.3 is 0 Å². The van der Waals surface area contributed by atoms with Gasteiger partial charge in [0.05, 0.1) is 0 Å². The average Bonchev–Trinajstić information content (AvgIpc) is 1.97. The van der Waals surface area contributed by atoms with Crippen LogP contribution in [0.3, 0.4) is 0 Å². The predicted octanol–water partition coefficient (Wildman–Crippen LogP) is 2.94. The molecule has 2 N–H and O–H groups in total. The van der Waals surface area contributed by atoms with E-state index in [1.807, 2.05) is 0 Å². The van der Waals surface area contributed by atoms with E-state index in [1.165, 1.54) is 32.1 Å².